The van der Waals surface area contributed by atoms with E-state index >= 15 is 0 Å². The van der Waals surface area contributed by atoms with Crippen molar-refractivity contribution in [2.45, 2.75) is 38.8 Å². The first kappa shape index (κ1) is 16.4. The highest BCUT2D eigenvalue weighted by Crippen LogP contribution is 2.23. The minimum Gasteiger partial charge on any atom is -0.366 e. The van der Waals surface area contributed by atoms with Crippen LogP contribution < -0.4 is 11.1 Å². The highest BCUT2D eigenvalue weighted by molar-refractivity contribution is 5.82. The Kier molecular flexibility index (Phi) is 5.05. The molecule has 2 aromatic heterocycles. The second-order valence-electron chi connectivity index (χ2n) is 6.08. The van der Waals surface area contributed by atoms with Crippen molar-refractivity contribution in [1.29, 1.82) is 0 Å². The number of nitrogens with one attached hydrogen (secondary N) is 1. The maximum atomic E-state index is 6.25. The smallest absolute Gasteiger partial charge is 0.165 e. The van der Waals surface area contributed by atoms with E-state index in [0.29, 0.717) is 12.6 Å². The minimum atomic E-state index is -0.0997. The Labute approximate surface area is 142 Å². The van der Waals surface area contributed by atoms with Gasteiger partial charge in [-0.05, 0) is 18.9 Å². The number of rotatable bonds is 7. The van der Waals surface area contributed by atoms with Crippen molar-refractivity contribution in [3.63, 3.8) is 0 Å². The van der Waals surface area contributed by atoms with Gasteiger partial charge in [-0.15, -0.1) is 0 Å². The number of aromatic nitrogens is 4. The Morgan fingerprint density at radius 3 is 2.71 bits per heavy atom. The first-order valence-electron chi connectivity index (χ1n) is 8.42. The molecule has 1 aromatic carbocycles. The Hall–Kier alpha value is -2.47. The van der Waals surface area contributed by atoms with Crippen molar-refractivity contribution >= 4 is 17.0 Å². The van der Waals surface area contributed by atoms with Crippen LogP contribution in [0.1, 0.15) is 44.3 Å². The van der Waals surface area contributed by atoms with Crippen LogP contribution in [-0.2, 0) is 0 Å². The SMILES string of the molecule is CCCC(C)n1cnc2c(NCC(N)c3ccccc3)ncnc21. The quantitative estimate of drug-likeness (QED) is 0.697. The van der Waals surface area contributed by atoms with Crippen molar-refractivity contribution < 1.29 is 0 Å². The Balaban J connectivity index is 1.78. The fourth-order valence-corrected chi connectivity index (χ4v) is 2.89. The molecule has 2 unspecified atom stereocenters. The van der Waals surface area contributed by atoms with Gasteiger partial charge >= 0.3 is 0 Å². The van der Waals surface area contributed by atoms with Gasteiger partial charge in [0.1, 0.15) is 11.8 Å². The van der Waals surface area contributed by atoms with Crippen molar-refractivity contribution in [1.82, 2.24) is 19.5 Å². The molecular formula is C18H24N6. The van der Waals surface area contributed by atoms with Gasteiger partial charge in [-0.3, -0.25) is 0 Å². The van der Waals surface area contributed by atoms with Crippen LogP contribution in [0, 0.1) is 0 Å². The third-order valence-corrected chi connectivity index (χ3v) is 4.26. The topological polar surface area (TPSA) is 81.7 Å². The summed E-state index contributed by atoms with van der Waals surface area (Å²) < 4.78 is 2.11. The molecule has 0 spiro atoms. The molecule has 0 fully saturated rings. The van der Waals surface area contributed by atoms with Gasteiger partial charge in [0, 0.05) is 18.6 Å². The van der Waals surface area contributed by atoms with E-state index in [-0.39, 0.29) is 6.04 Å². The summed E-state index contributed by atoms with van der Waals surface area (Å²) in [5, 5.41) is 3.32. The predicted molar refractivity (Wildman–Crippen MR) is 96.8 cm³/mol. The molecule has 0 bridgehead atoms. The number of fused-ring (bicyclic) bond motifs is 1. The van der Waals surface area contributed by atoms with E-state index in [0.717, 1.165) is 35.4 Å². The third kappa shape index (κ3) is 3.38. The van der Waals surface area contributed by atoms with Gasteiger partial charge in [0.2, 0.25) is 0 Å². The molecular weight excluding hydrogens is 300 g/mol. The van der Waals surface area contributed by atoms with Crippen LogP contribution in [0.25, 0.3) is 11.2 Å². The van der Waals surface area contributed by atoms with Crippen LogP contribution in [0.5, 0.6) is 0 Å². The van der Waals surface area contributed by atoms with Gasteiger partial charge in [0.05, 0.1) is 6.33 Å². The van der Waals surface area contributed by atoms with E-state index in [4.69, 9.17) is 5.73 Å². The largest absolute Gasteiger partial charge is 0.366 e. The summed E-state index contributed by atoms with van der Waals surface area (Å²) in [4.78, 5) is 13.3. The van der Waals surface area contributed by atoms with Crippen LogP contribution in [0.3, 0.4) is 0 Å². The highest BCUT2D eigenvalue weighted by atomic mass is 15.2. The first-order valence-corrected chi connectivity index (χ1v) is 8.42. The molecule has 24 heavy (non-hydrogen) atoms. The molecule has 0 aliphatic heterocycles. The number of anilines is 1. The van der Waals surface area contributed by atoms with E-state index in [2.05, 4.69) is 38.7 Å². The average molecular weight is 324 g/mol. The maximum Gasteiger partial charge on any atom is 0.165 e. The molecule has 2 atom stereocenters. The predicted octanol–water partition coefficient (Wildman–Crippen LogP) is 3.30. The normalized spacial score (nSPS) is 13.8. The average Bonchev–Trinajstić information content (AvgIpc) is 3.05. The summed E-state index contributed by atoms with van der Waals surface area (Å²) in [6, 6.07) is 10.3. The van der Waals surface area contributed by atoms with Crippen LogP contribution in [0.15, 0.2) is 43.0 Å². The summed E-state index contributed by atoms with van der Waals surface area (Å²) in [5.74, 6) is 0.730. The van der Waals surface area contributed by atoms with E-state index in [9.17, 15) is 0 Å². The molecule has 0 radical (unpaired) electrons. The van der Waals surface area contributed by atoms with Gasteiger partial charge in [-0.25, -0.2) is 15.0 Å². The lowest BCUT2D eigenvalue weighted by atomic mass is 10.1. The van der Waals surface area contributed by atoms with E-state index in [1.807, 2.05) is 36.7 Å². The van der Waals surface area contributed by atoms with Crippen molar-refractivity contribution in [3.8, 4) is 0 Å². The fourth-order valence-electron chi connectivity index (χ4n) is 2.89. The number of hydrogen-bond acceptors (Lipinski definition) is 5. The number of nitrogens with zero attached hydrogens (tertiary/aromatic N) is 4. The molecule has 6 nitrogen and oxygen atoms in total. The monoisotopic (exact) mass is 324 g/mol. The Bertz CT molecular complexity index is 783. The molecule has 0 aliphatic carbocycles. The van der Waals surface area contributed by atoms with Gasteiger partial charge < -0.3 is 15.6 Å². The van der Waals surface area contributed by atoms with Gasteiger partial charge in [-0.2, -0.15) is 0 Å². The van der Waals surface area contributed by atoms with Crippen molar-refractivity contribution in [2.75, 3.05) is 11.9 Å². The lowest BCUT2D eigenvalue weighted by molar-refractivity contribution is 0.509. The summed E-state index contributed by atoms with van der Waals surface area (Å²) >= 11 is 0. The first-order chi connectivity index (χ1) is 11.7. The zero-order valence-corrected chi connectivity index (χ0v) is 14.2. The molecule has 0 amide bonds. The van der Waals surface area contributed by atoms with Gasteiger partial charge in [0.15, 0.2) is 11.5 Å². The standard InChI is InChI=1S/C18H24N6/c1-3-7-13(2)24-12-23-16-17(21-11-22-18(16)24)20-10-15(19)14-8-5-4-6-9-14/h4-6,8-9,11-13,15H,3,7,10,19H2,1-2H3,(H,20,21,22). The summed E-state index contributed by atoms with van der Waals surface area (Å²) in [7, 11) is 0. The van der Waals surface area contributed by atoms with Crippen LogP contribution in [-0.4, -0.2) is 26.1 Å². The molecule has 3 aromatic rings. The fraction of sp³-hybridized carbons (Fsp3) is 0.389. The lowest BCUT2D eigenvalue weighted by Crippen LogP contribution is -2.21. The number of nitrogens with two attached hydrogens (primary N) is 1. The molecule has 3 rings (SSSR count). The second kappa shape index (κ2) is 7.40. The summed E-state index contributed by atoms with van der Waals surface area (Å²) in [6.07, 6.45) is 5.65. The van der Waals surface area contributed by atoms with Crippen molar-refractivity contribution in [2.24, 2.45) is 5.73 Å². The maximum absolute atomic E-state index is 6.25. The highest BCUT2D eigenvalue weighted by Gasteiger charge is 2.14. The molecule has 0 saturated heterocycles. The van der Waals surface area contributed by atoms with Gasteiger partial charge in [0.25, 0.3) is 0 Å². The molecule has 126 valence electrons. The third-order valence-electron chi connectivity index (χ3n) is 4.26. The lowest BCUT2D eigenvalue weighted by Gasteiger charge is -2.14. The zero-order chi connectivity index (χ0) is 16.9. The zero-order valence-electron chi connectivity index (χ0n) is 14.2. The number of imidazole rings is 1. The summed E-state index contributed by atoms with van der Waals surface area (Å²) in [5.41, 5.74) is 9.00. The van der Waals surface area contributed by atoms with Crippen LogP contribution in [0.2, 0.25) is 0 Å². The number of benzene rings is 1. The van der Waals surface area contributed by atoms with Crippen LogP contribution >= 0.6 is 0 Å². The minimum absolute atomic E-state index is 0.0997. The van der Waals surface area contributed by atoms with Gasteiger partial charge in [-0.1, -0.05) is 43.7 Å². The number of hydrogen-bond donors (Lipinski definition) is 2. The molecule has 0 saturated carbocycles. The van der Waals surface area contributed by atoms with E-state index in [1.165, 1.54) is 0 Å². The van der Waals surface area contributed by atoms with Crippen molar-refractivity contribution in [3.05, 3.63) is 48.5 Å². The molecule has 6 heteroatoms. The Morgan fingerprint density at radius 2 is 1.96 bits per heavy atom. The van der Waals surface area contributed by atoms with E-state index in [1.54, 1.807) is 6.33 Å². The Morgan fingerprint density at radius 1 is 1.17 bits per heavy atom. The second-order valence-corrected chi connectivity index (χ2v) is 6.08. The molecule has 3 N–H and O–H groups in total. The molecule has 2 heterocycles. The molecule has 0 aliphatic rings. The summed E-state index contributed by atoms with van der Waals surface area (Å²) in [6.45, 7) is 4.96. The van der Waals surface area contributed by atoms with E-state index < -0.39 is 0 Å². The van der Waals surface area contributed by atoms with Crippen LogP contribution in [0.4, 0.5) is 5.82 Å².